The molecular weight excluding hydrogens is 731 g/mol. The van der Waals surface area contributed by atoms with Crippen molar-refractivity contribution in [3.8, 4) is 0 Å². The van der Waals surface area contributed by atoms with Crippen LogP contribution >= 0.6 is 11.6 Å². The average Bonchev–Trinajstić information content (AvgIpc) is 3.54. The number of benzene rings is 5. The van der Waals surface area contributed by atoms with E-state index < -0.39 is 66.2 Å². The average molecular weight is 761 g/mol. The number of ether oxygens (including phenoxy) is 4. The third-order valence-electron chi connectivity index (χ3n) is 8.79. The van der Waals surface area contributed by atoms with Gasteiger partial charge in [-0.15, -0.1) is 0 Å². The number of amides is 1. The first-order chi connectivity index (χ1) is 26.7. The standard InChI is InChI=1S/C42H30ClFN2O9/c43-28-16-21-33-31(22-28)35(47)32(38(48)45-30-19-17-29(44)18-20-30)23-46(33)39-37(55-42(51)27-14-8-3-9-15-27)36(54-41(50)26-12-6-2-7-13-26)34(53-39)24-52-40(49)25-10-4-1-5-11-25/h1-23,34,36-37,39H,24H2,(H,45,48)/t34-,36-,37-,39-/m1/s1. The molecule has 5 aromatic carbocycles. The molecule has 0 saturated carbocycles. The van der Waals surface area contributed by atoms with Crippen LogP contribution in [0.3, 0.4) is 0 Å². The smallest absolute Gasteiger partial charge is 0.338 e. The van der Waals surface area contributed by atoms with Crippen molar-refractivity contribution in [2.45, 2.75) is 24.5 Å². The Labute approximate surface area is 317 Å². The van der Waals surface area contributed by atoms with Crippen molar-refractivity contribution in [3.05, 3.63) is 183 Å². The molecule has 0 bridgehead atoms. The first-order valence-corrected chi connectivity index (χ1v) is 17.3. The number of anilines is 1. The van der Waals surface area contributed by atoms with E-state index in [0.29, 0.717) is 0 Å². The first kappa shape index (κ1) is 36.7. The molecule has 0 unspecified atom stereocenters. The first-order valence-electron chi connectivity index (χ1n) is 17.0. The lowest BCUT2D eigenvalue weighted by Gasteiger charge is -2.26. The summed E-state index contributed by atoms with van der Waals surface area (Å²) < 4.78 is 39.3. The fourth-order valence-corrected chi connectivity index (χ4v) is 6.28. The maximum Gasteiger partial charge on any atom is 0.338 e. The predicted molar refractivity (Wildman–Crippen MR) is 199 cm³/mol. The number of hydrogen-bond donors (Lipinski definition) is 1. The zero-order valence-corrected chi connectivity index (χ0v) is 29.4. The number of pyridine rings is 1. The van der Waals surface area contributed by atoms with Crippen LogP contribution in [0.4, 0.5) is 10.1 Å². The zero-order valence-electron chi connectivity index (χ0n) is 28.7. The van der Waals surface area contributed by atoms with Crippen LogP contribution < -0.4 is 10.7 Å². The van der Waals surface area contributed by atoms with Gasteiger partial charge in [-0.3, -0.25) is 9.59 Å². The summed E-state index contributed by atoms with van der Waals surface area (Å²) in [4.78, 5) is 68.0. The molecule has 11 nitrogen and oxygen atoms in total. The Morgan fingerprint density at radius 2 is 1.25 bits per heavy atom. The van der Waals surface area contributed by atoms with Gasteiger partial charge in [0.15, 0.2) is 18.4 Å². The Morgan fingerprint density at radius 1 is 0.709 bits per heavy atom. The van der Waals surface area contributed by atoms with Crippen LogP contribution in [0, 0.1) is 5.82 Å². The van der Waals surface area contributed by atoms with Crippen molar-refractivity contribution in [1.82, 2.24) is 4.57 Å². The molecule has 276 valence electrons. The summed E-state index contributed by atoms with van der Waals surface area (Å²) in [6, 6.07) is 33.7. The summed E-state index contributed by atoms with van der Waals surface area (Å²) >= 11 is 6.34. The second kappa shape index (κ2) is 16.2. The van der Waals surface area contributed by atoms with Crippen LogP contribution in [-0.4, -0.2) is 53.3 Å². The Morgan fingerprint density at radius 3 is 1.84 bits per heavy atom. The van der Waals surface area contributed by atoms with Gasteiger partial charge in [-0.25, -0.2) is 18.8 Å². The van der Waals surface area contributed by atoms with E-state index in [0.717, 1.165) is 12.1 Å². The molecule has 13 heteroatoms. The molecule has 7 rings (SSSR count). The fraction of sp³-hybridized carbons (Fsp3) is 0.119. The van der Waals surface area contributed by atoms with Crippen LogP contribution in [0.2, 0.25) is 5.02 Å². The monoisotopic (exact) mass is 760 g/mol. The van der Waals surface area contributed by atoms with Crippen molar-refractivity contribution < 1.29 is 42.5 Å². The fourth-order valence-electron chi connectivity index (χ4n) is 6.11. The second-order valence-corrected chi connectivity index (χ2v) is 12.8. The van der Waals surface area contributed by atoms with Gasteiger partial charge < -0.3 is 28.8 Å². The summed E-state index contributed by atoms with van der Waals surface area (Å²) in [5, 5.41) is 2.79. The van der Waals surface area contributed by atoms with Crippen LogP contribution in [0.25, 0.3) is 10.9 Å². The number of aromatic nitrogens is 1. The van der Waals surface area contributed by atoms with E-state index >= 15 is 0 Å². The van der Waals surface area contributed by atoms with Gasteiger partial charge in [0, 0.05) is 22.3 Å². The molecule has 6 aromatic rings. The van der Waals surface area contributed by atoms with E-state index in [1.165, 1.54) is 65.4 Å². The third kappa shape index (κ3) is 8.15. The van der Waals surface area contributed by atoms with Crippen molar-refractivity contribution in [3.63, 3.8) is 0 Å². The molecule has 1 aromatic heterocycles. The lowest BCUT2D eigenvalue weighted by atomic mass is 10.1. The van der Waals surface area contributed by atoms with Gasteiger partial charge in [-0.2, -0.15) is 0 Å². The molecule has 1 N–H and O–H groups in total. The number of hydrogen-bond acceptors (Lipinski definition) is 9. The Hall–Kier alpha value is -6.63. The zero-order chi connectivity index (χ0) is 38.5. The quantitative estimate of drug-likeness (QED) is 0.113. The lowest BCUT2D eigenvalue weighted by Crippen LogP contribution is -2.41. The van der Waals surface area contributed by atoms with Crippen molar-refractivity contribution in [2.75, 3.05) is 11.9 Å². The number of fused-ring (bicyclic) bond motifs is 1. The Bertz CT molecular complexity index is 2430. The molecule has 55 heavy (non-hydrogen) atoms. The number of carbonyl (C=O) groups excluding carboxylic acids is 4. The third-order valence-corrected chi connectivity index (χ3v) is 9.03. The summed E-state index contributed by atoms with van der Waals surface area (Å²) in [5.74, 6) is -3.65. The molecule has 1 saturated heterocycles. The van der Waals surface area contributed by atoms with Gasteiger partial charge in [0.05, 0.1) is 22.2 Å². The number of nitrogens with zero attached hydrogens (tertiary/aromatic N) is 1. The van der Waals surface area contributed by atoms with Gasteiger partial charge in [-0.1, -0.05) is 66.2 Å². The summed E-state index contributed by atoms with van der Waals surface area (Å²) in [7, 11) is 0. The normalized spacial score (nSPS) is 17.6. The molecule has 1 amide bonds. The minimum Gasteiger partial charge on any atom is -0.459 e. The van der Waals surface area contributed by atoms with E-state index in [1.807, 2.05) is 0 Å². The van der Waals surface area contributed by atoms with Gasteiger partial charge in [0.1, 0.15) is 24.1 Å². The molecule has 1 aliphatic rings. The molecule has 0 radical (unpaired) electrons. The maximum atomic E-state index is 13.9. The van der Waals surface area contributed by atoms with E-state index in [1.54, 1.807) is 66.7 Å². The predicted octanol–water partition coefficient (Wildman–Crippen LogP) is 7.25. The molecule has 0 aliphatic carbocycles. The van der Waals surface area contributed by atoms with E-state index in [9.17, 15) is 28.4 Å². The lowest BCUT2D eigenvalue weighted by molar-refractivity contribution is -0.0605. The van der Waals surface area contributed by atoms with Crippen LogP contribution in [0.1, 0.15) is 47.7 Å². The minimum atomic E-state index is -1.45. The Balaban J connectivity index is 1.34. The van der Waals surface area contributed by atoms with Crippen molar-refractivity contribution >= 4 is 52.0 Å². The summed E-state index contributed by atoms with van der Waals surface area (Å²) in [5.41, 5.74) is -0.0251. The summed E-state index contributed by atoms with van der Waals surface area (Å²) in [6.07, 6.45) is -4.25. The highest BCUT2D eigenvalue weighted by Gasteiger charge is 2.51. The molecule has 2 heterocycles. The van der Waals surface area contributed by atoms with E-state index in [2.05, 4.69) is 5.32 Å². The Kier molecular flexibility index (Phi) is 10.8. The summed E-state index contributed by atoms with van der Waals surface area (Å²) in [6.45, 7) is -0.460. The van der Waals surface area contributed by atoms with Gasteiger partial charge in [0.2, 0.25) is 5.43 Å². The highest BCUT2D eigenvalue weighted by atomic mass is 35.5. The largest absolute Gasteiger partial charge is 0.459 e. The number of esters is 3. The van der Waals surface area contributed by atoms with Crippen molar-refractivity contribution in [2.24, 2.45) is 0 Å². The molecule has 4 atom stereocenters. The molecule has 0 spiro atoms. The van der Waals surface area contributed by atoms with Crippen LogP contribution in [-0.2, 0) is 18.9 Å². The second-order valence-electron chi connectivity index (χ2n) is 12.4. The van der Waals surface area contributed by atoms with Crippen molar-refractivity contribution in [1.29, 1.82) is 0 Å². The molecule has 1 aliphatic heterocycles. The van der Waals surface area contributed by atoms with E-state index in [-0.39, 0.29) is 43.9 Å². The highest BCUT2D eigenvalue weighted by molar-refractivity contribution is 6.31. The van der Waals surface area contributed by atoms with Gasteiger partial charge in [0.25, 0.3) is 5.91 Å². The molecule has 1 fully saturated rings. The van der Waals surface area contributed by atoms with Gasteiger partial charge >= 0.3 is 17.9 Å². The van der Waals surface area contributed by atoms with E-state index in [4.69, 9.17) is 30.5 Å². The SMILES string of the molecule is O=C(OC[C@H]1O[C@@H](n2cc(C(=O)Nc3ccc(F)cc3)c(=O)c3cc(Cl)ccc32)[C@H](OC(=O)c2ccccc2)[C@@H]1OC(=O)c1ccccc1)c1ccccc1. The number of nitrogens with one attached hydrogen (secondary N) is 1. The number of carbonyl (C=O) groups is 4. The number of halogens is 2. The van der Waals surface area contributed by atoms with Crippen LogP contribution in [0.15, 0.2) is 144 Å². The minimum absolute atomic E-state index is 0.00720. The van der Waals surface area contributed by atoms with Crippen LogP contribution in [0.5, 0.6) is 0 Å². The topological polar surface area (TPSA) is 139 Å². The number of rotatable bonds is 10. The van der Waals surface area contributed by atoms with Gasteiger partial charge in [-0.05, 0) is 78.9 Å². The molecular formula is C42H30ClFN2O9. The maximum absolute atomic E-state index is 13.9. The highest BCUT2D eigenvalue weighted by Crippen LogP contribution is 2.37.